The Labute approximate surface area is 141 Å². The van der Waals surface area contributed by atoms with Gasteiger partial charge in [0, 0.05) is 26.7 Å². The van der Waals surface area contributed by atoms with Crippen molar-refractivity contribution in [1.82, 2.24) is 24.4 Å². The molecule has 24 heavy (non-hydrogen) atoms. The third-order valence-electron chi connectivity index (χ3n) is 4.90. The summed E-state index contributed by atoms with van der Waals surface area (Å²) in [5.41, 5.74) is 3.37. The second kappa shape index (κ2) is 6.37. The average Bonchev–Trinajstić information content (AvgIpc) is 3.17. The highest BCUT2D eigenvalue weighted by Crippen LogP contribution is 2.27. The summed E-state index contributed by atoms with van der Waals surface area (Å²) in [4.78, 5) is 8.94. The van der Waals surface area contributed by atoms with Crippen LogP contribution in [-0.2, 0) is 25.4 Å². The predicted octanol–water partition coefficient (Wildman–Crippen LogP) is 2.32. The predicted molar refractivity (Wildman–Crippen MR) is 92.5 cm³/mol. The molecule has 3 heterocycles. The molecule has 2 atom stereocenters. The topological polar surface area (TPSA) is 56.9 Å². The van der Waals surface area contributed by atoms with Crippen LogP contribution in [0.3, 0.4) is 0 Å². The van der Waals surface area contributed by atoms with Crippen LogP contribution in [0.5, 0.6) is 0 Å². The molecule has 0 radical (unpaired) electrons. The van der Waals surface area contributed by atoms with E-state index in [1.165, 1.54) is 5.52 Å². The number of hydrogen-bond donors (Lipinski definition) is 1. The Balaban J connectivity index is 1.43. The van der Waals surface area contributed by atoms with E-state index in [0.29, 0.717) is 6.04 Å². The molecule has 6 nitrogen and oxygen atoms in total. The van der Waals surface area contributed by atoms with Crippen LogP contribution in [0, 0.1) is 0 Å². The van der Waals surface area contributed by atoms with Crippen LogP contribution in [0.2, 0.25) is 0 Å². The van der Waals surface area contributed by atoms with Gasteiger partial charge in [0.05, 0.1) is 35.8 Å². The van der Waals surface area contributed by atoms with Gasteiger partial charge in [-0.3, -0.25) is 0 Å². The van der Waals surface area contributed by atoms with Crippen molar-refractivity contribution in [3.8, 4) is 0 Å². The zero-order chi connectivity index (χ0) is 16.5. The number of rotatable bonds is 4. The Morgan fingerprint density at radius 3 is 2.96 bits per heavy atom. The zero-order valence-corrected chi connectivity index (χ0v) is 14.1. The number of benzene rings is 1. The number of para-hydroxylation sites is 2. The van der Waals surface area contributed by atoms with Gasteiger partial charge >= 0.3 is 0 Å². The second-order valence-corrected chi connectivity index (χ2v) is 6.47. The van der Waals surface area contributed by atoms with E-state index in [2.05, 4.69) is 40.1 Å². The summed E-state index contributed by atoms with van der Waals surface area (Å²) in [6, 6.07) is 8.69. The molecular weight excluding hydrogens is 302 g/mol. The molecule has 1 fully saturated rings. The standard InChI is InChI=1S/C18H23N5O/c1-22-12-19-10-16(22)17-9-13(7-8-24-17)20-11-18-21-14-5-3-4-6-15(14)23(18)2/h3-6,10,12-13,17,20H,7-9,11H2,1-2H3/t13-,17+/m1/s1. The molecule has 0 saturated carbocycles. The van der Waals surface area contributed by atoms with Crippen LogP contribution < -0.4 is 5.32 Å². The summed E-state index contributed by atoms with van der Waals surface area (Å²) in [6.45, 7) is 1.55. The van der Waals surface area contributed by atoms with Crippen molar-refractivity contribution in [3.63, 3.8) is 0 Å². The van der Waals surface area contributed by atoms with Gasteiger partial charge in [-0.2, -0.15) is 0 Å². The van der Waals surface area contributed by atoms with E-state index in [0.717, 1.165) is 43.0 Å². The molecule has 1 N–H and O–H groups in total. The summed E-state index contributed by atoms with van der Waals surface area (Å²) in [7, 11) is 4.09. The lowest BCUT2D eigenvalue weighted by Crippen LogP contribution is -2.36. The summed E-state index contributed by atoms with van der Waals surface area (Å²) < 4.78 is 10.1. The number of fused-ring (bicyclic) bond motifs is 1. The van der Waals surface area contributed by atoms with Crippen LogP contribution in [0.4, 0.5) is 0 Å². The molecule has 0 unspecified atom stereocenters. The van der Waals surface area contributed by atoms with E-state index >= 15 is 0 Å². The fraction of sp³-hybridized carbons (Fsp3) is 0.444. The third-order valence-corrected chi connectivity index (χ3v) is 4.90. The lowest BCUT2D eigenvalue weighted by atomic mass is 10.0. The Kier molecular flexibility index (Phi) is 4.08. The van der Waals surface area contributed by atoms with Crippen molar-refractivity contribution in [2.24, 2.45) is 14.1 Å². The van der Waals surface area contributed by atoms with Crippen LogP contribution in [-0.4, -0.2) is 31.8 Å². The number of nitrogens with one attached hydrogen (secondary N) is 1. The Morgan fingerprint density at radius 1 is 1.29 bits per heavy atom. The van der Waals surface area contributed by atoms with Crippen molar-refractivity contribution in [3.05, 3.63) is 48.3 Å². The van der Waals surface area contributed by atoms with Gasteiger partial charge in [0.15, 0.2) is 0 Å². The lowest BCUT2D eigenvalue weighted by molar-refractivity contribution is -0.00417. The van der Waals surface area contributed by atoms with Crippen LogP contribution in [0.25, 0.3) is 11.0 Å². The summed E-state index contributed by atoms with van der Waals surface area (Å²) >= 11 is 0. The van der Waals surface area contributed by atoms with Gasteiger partial charge in [-0.05, 0) is 25.0 Å². The molecule has 0 bridgehead atoms. The van der Waals surface area contributed by atoms with Crippen molar-refractivity contribution >= 4 is 11.0 Å². The third kappa shape index (κ3) is 2.83. The summed E-state index contributed by atoms with van der Waals surface area (Å²) in [6.07, 6.45) is 5.83. The quantitative estimate of drug-likeness (QED) is 0.800. The highest BCUT2D eigenvalue weighted by molar-refractivity contribution is 5.75. The molecular formula is C18H23N5O. The van der Waals surface area contributed by atoms with E-state index in [-0.39, 0.29) is 6.10 Å². The Bertz CT molecular complexity index is 837. The van der Waals surface area contributed by atoms with Crippen LogP contribution in [0.15, 0.2) is 36.8 Å². The van der Waals surface area contributed by atoms with E-state index in [9.17, 15) is 0 Å². The number of ether oxygens (including phenoxy) is 1. The first-order valence-corrected chi connectivity index (χ1v) is 8.44. The van der Waals surface area contributed by atoms with Crippen LogP contribution >= 0.6 is 0 Å². The van der Waals surface area contributed by atoms with E-state index < -0.39 is 0 Å². The number of imidazole rings is 2. The Hall–Kier alpha value is -2.18. The molecule has 1 aliphatic rings. The first kappa shape index (κ1) is 15.4. The number of hydrogen-bond acceptors (Lipinski definition) is 4. The summed E-state index contributed by atoms with van der Waals surface area (Å²) in [5.74, 6) is 1.07. The Morgan fingerprint density at radius 2 is 2.17 bits per heavy atom. The van der Waals surface area contributed by atoms with Crippen molar-refractivity contribution < 1.29 is 4.74 Å². The SMILES string of the molecule is Cn1cncc1[C@@H]1C[C@H](NCc2nc3ccccc3n2C)CCO1. The molecule has 6 heteroatoms. The van der Waals surface area contributed by atoms with Gasteiger partial charge in [0.2, 0.25) is 0 Å². The van der Waals surface area contributed by atoms with Crippen molar-refractivity contribution in [2.45, 2.75) is 31.5 Å². The van der Waals surface area contributed by atoms with E-state index in [1.807, 2.05) is 30.2 Å². The minimum absolute atomic E-state index is 0.115. The maximum Gasteiger partial charge on any atom is 0.123 e. The maximum atomic E-state index is 5.94. The molecule has 126 valence electrons. The van der Waals surface area contributed by atoms with Gasteiger partial charge in [-0.15, -0.1) is 0 Å². The fourth-order valence-corrected chi connectivity index (χ4v) is 3.46. The zero-order valence-electron chi connectivity index (χ0n) is 14.1. The molecule has 1 aromatic carbocycles. The van der Waals surface area contributed by atoms with Crippen molar-refractivity contribution in [1.29, 1.82) is 0 Å². The number of nitrogens with zero attached hydrogens (tertiary/aromatic N) is 4. The van der Waals surface area contributed by atoms with Gasteiger partial charge < -0.3 is 19.2 Å². The van der Waals surface area contributed by atoms with Crippen molar-refractivity contribution in [2.75, 3.05) is 6.61 Å². The van der Waals surface area contributed by atoms with Gasteiger partial charge in [0.25, 0.3) is 0 Å². The number of aromatic nitrogens is 4. The minimum Gasteiger partial charge on any atom is -0.372 e. The molecule has 3 aromatic rings. The van der Waals surface area contributed by atoms with Gasteiger partial charge in [-0.25, -0.2) is 9.97 Å². The maximum absolute atomic E-state index is 5.94. The first-order chi connectivity index (χ1) is 11.7. The molecule has 0 amide bonds. The molecule has 0 spiro atoms. The minimum atomic E-state index is 0.115. The highest BCUT2D eigenvalue weighted by atomic mass is 16.5. The van der Waals surface area contributed by atoms with Crippen LogP contribution in [0.1, 0.15) is 30.5 Å². The monoisotopic (exact) mass is 325 g/mol. The van der Waals surface area contributed by atoms with Gasteiger partial charge in [0.1, 0.15) is 11.9 Å². The molecule has 0 aliphatic carbocycles. The molecule has 1 saturated heterocycles. The van der Waals surface area contributed by atoms with E-state index in [1.54, 1.807) is 0 Å². The average molecular weight is 325 g/mol. The molecule has 2 aromatic heterocycles. The largest absolute Gasteiger partial charge is 0.372 e. The normalized spacial score (nSPS) is 21.4. The second-order valence-electron chi connectivity index (χ2n) is 6.47. The first-order valence-electron chi connectivity index (χ1n) is 8.44. The summed E-state index contributed by atoms with van der Waals surface area (Å²) in [5, 5.41) is 3.66. The highest BCUT2D eigenvalue weighted by Gasteiger charge is 2.25. The molecule has 4 rings (SSSR count). The smallest absolute Gasteiger partial charge is 0.123 e. The lowest BCUT2D eigenvalue weighted by Gasteiger charge is -2.30. The molecule has 1 aliphatic heterocycles. The van der Waals surface area contributed by atoms with Gasteiger partial charge in [-0.1, -0.05) is 12.1 Å². The fourth-order valence-electron chi connectivity index (χ4n) is 3.46. The number of aryl methyl sites for hydroxylation is 2. The van der Waals surface area contributed by atoms with E-state index in [4.69, 9.17) is 9.72 Å².